The number of aryl methyl sites for hydroxylation is 1. The van der Waals surface area contributed by atoms with Gasteiger partial charge in [-0.3, -0.25) is 0 Å². The second kappa shape index (κ2) is 16.1. The highest BCUT2D eigenvalue weighted by Crippen LogP contribution is 2.39. The van der Waals surface area contributed by atoms with Crippen LogP contribution >= 0.6 is 11.3 Å². The van der Waals surface area contributed by atoms with E-state index in [4.69, 9.17) is 38.1 Å². The van der Waals surface area contributed by atoms with Gasteiger partial charge in [0.05, 0.1) is 59.3 Å². The molecular formula is C37H41NO7S. The molecule has 1 heterocycles. The first kappa shape index (κ1) is 32.8. The highest BCUT2D eigenvalue weighted by Gasteiger charge is 2.15. The van der Waals surface area contributed by atoms with Crippen molar-refractivity contribution in [1.82, 2.24) is 4.98 Å². The molecule has 242 valence electrons. The molecule has 0 N–H and O–H groups in total. The van der Waals surface area contributed by atoms with Gasteiger partial charge in [-0.25, -0.2) is 4.98 Å². The molecule has 9 heteroatoms. The molecule has 1 aliphatic rings. The lowest BCUT2D eigenvalue weighted by atomic mass is 10.1. The Labute approximate surface area is 275 Å². The number of nitrogens with zero attached hydrogens (tertiary/aromatic N) is 1. The summed E-state index contributed by atoms with van der Waals surface area (Å²) in [4.78, 5) is 6.11. The molecule has 46 heavy (non-hydrogen) atoms. The smallest absolute Gasteiger partial charge is 0.203 e. The number of methoxy groups -OCH3 is 5. The number of unbranched alkanes of at least 4 members (excludes halogenated alkanes) is 2. The molecular weight excluding hydrogens is 602 g/mol. The molecule has 0 fully saturated rings. The number of thiazole rings is 1. The Hall–Kier alpha value is -4.63. The van der Waals surface area contributed by atoms with E-state index in [0.29, 0.717) is 42.0 Å². The summed E-state index contributed by atoms with van der Waals surface area (Å²) in [5, 5.41) is 1.01. The van der Waals surface area contributed by atoms with Crippen LogP contribution in [0.2, 0.25) is 0 Å². The third-order valence-electron chi connectivity index (χ3n) is 7.60. The molecule has 0 saturated heterocycles. The summed E-state index contributed by atoms with van der Waals surface area (Å²) < 4.78 is 39.8. The van der Waals surface area contributed by atoms with E-state index in [2.05, 4.69) is 12.2 Å². The van der Waals surface area contributed by atoms with Gasteiger partial charge >= 0.3 is 0 Å². The van der Waals surface area contributed by atoms with Gasteiger partial charge in [0.2, 0.25) is 5.75 Å². The van der Waals surface area contributed by atoms with Crippen molar-refractivity contribution in [3.8, 4) is 50.8 Å². The molecule has 0 saturated carbocycles. The lowest BCUT2D eigenvalue weighted by Crippen LogP contribution is -2.03. The monoisotopic (exact) mass is 643 g/mol. The molecule has 0 atom stereocenters. The summed E-state index contributed by atoms with van der Waals surface area (Å²) in [6.45, 7) is 1.15. The molecule has 8 nitrogen and oxygen atoms in total. The molecule has 0 aliphatic heterocycles. The minimum atomic E-state index is 0.560. The number of ether oxygens (including phenoxy) is 7. The predicted octanol–water partition coefficient (Wildman–Crippen LogP) is 8.61. The molecule has 1 aromatic heterocycles. The van der Waals surface area contributed by atoms with Crippen LogP contribution in [0.15, 0.2) is 54.6 Å². The van der Waals surface area contributed by atoms with Crippen molar-refractivity contribution in [3.63, 3.8) is 0 Å². The fraction of sp³-hybridized carbons (Fsp3) is 0.324. The van der Waals surface area contributed by atoms with E-state index in [1.165, 1.54) is 10.6 Å². The Bertz CT molecular complexity index is 1650. The maximum Gasteiger partial charge on any atom is 0.203 e. The van der Waals surface area contributed by atoms with Gasteiger partial charge < -0.3 is 33.2 Å². The number of fused-ring (bicyclic) bond motifs is 1. The first-order valence-electron chi connectivity index (χ1n) is 15.3. The van der Waals surface area contributed by atoms with E-state index in [1.807, 2.05) is 60.7 Å². The standard InChI is InChI=1S/C37H41NO7S/c1-39-29-17-15-25(13-14-26-22-33(41-3)36(43-5)34(23-26)42-4)21-31(29)44-19-9-6-10-20-45-32-24-27(16-18-30(32)40-2)37-38-28-11-7-8-12-35(28)46-37/h8,12-18,21-24H,6-7,9-11,19-20H2,1-5H3/b14-13-. The average Bonchev–Trinajstić information content (AvgIpc) is 3.54. The summed E-state index contributed by atoms with van der Waals surface area (Å²) in [7, 11) is 8.11. The van der Waals surface area contributed by atoms with E-state index in [-0.39, 0.29) is 0 Å². The third-order valence-corrected chi connectivity index (χ3v) is 8.71. The van der Waals surface area contributed by atoms with Crippen molar-refractivity contribution in [2.24, 2.45) is 0 Å². The van der Waals surface area contributed by atoms with Gasteiger partial charge in [-0.05, 0) is 91.8 Å². The summed E-state index contributed by atoms with van der Waals surface area (Å²) in [5.74, 6) is 4.62. The molecule has 0 bridgehead atoms. The third kappa shape index (κ3) is 7.95. The highest BCUT2D eigenvalue weighted by atomic mass is 32.1. The number of rotatable bonds is 16. The molecule has 0 unspecified atom stereocenters. The zero-order valence-electron chi connectivity index (χ0n) is 27.1. The van der Waals surface area contributed by atoms with Gasteiger partial charge in [-0.15, -0.1) is 11.3 Å². The Balaban J connectivity index is 1.12. The van der Waals surface area contributed by atoms with Crippen molar-refractivity contribution < 1.29 is 33.2 Å². The second-order valence-electron chi connectivity index (χ2n) is 10.6. The highest BCUT2D eigenvalue weighted by molar-refractivity contribution is 7.16. The van der Waals surface area contributed by atoms with Crippen molar-refractivity contribution in [2.45, 2.75) is 32.1 Å². The fourth-order valence-corrected chi connectivity index (χ4v) is 6.21. The Kier molecular flexibility index (Phi) is 11.5. The second-order valence-corrected chi connectivity index (χ2v) is 11.6. The van der Waals surface area contributed by atoms with Gasteiger partial charge in [0.15, 0.2) is 34.5 Å². The van der Waals surface area contributed by atoms with Crippen molar-refractivity contribution >= 4 is 29.6 Å². The summed E-state index contributed by atoms with van der Waals surface area (Å²) >= 11 is 1.72. The van der Waals surface area contributed by atoms with E-state index >= 15 is 0 Å². The molecule has 3 aromatic carbocycles. The first-order chi connectivity index (χ1) is 22.6. The SMILES string of the molecule is COc1ccc(/C=C\c2cc(OC)c(OC)c(OC)c2)cc1OCCCCCOc1cc(-c2nc3c(s2)C=CCC3)ccc1OC. The Morgan fingerprint density at radius 1 is 0.652 bits per heavy atom. The maximum atomic E-state index is 6.16. The van der Waals surface area contributed by atoms with Crippen LogP contribution in [0.4, 0.5) is 0 Å². The van der Waals surface area contributed by atoms with Crippen molar-refractivity contribution in [2.75, 3.05) is 48.8 Å². The van der Waals surface area contributed by atoms with Gasteiger partial charge in [0.1, 0.15) is 5.01 Å². The number of allylic oxidation sites excluding steroid dienone is 1. The van der Waals surface area contributed by atoms with Crippen molar-refractivity contribution in [3.05, 3.63) is 76.3 Å². The lowest BCUT2D eigenvalue weighted by Gasteiger charge is -2.13. The van der Waals surface area contributed by atoms with Crippen LogP contribution in [0.25, 0.3) is 28.8 Å². The molecule has 4 aromatic rings. The van der Waals surface area contributed by atoms with Crippen molar-refractivity contribution in [1.29, 1.82) is 0 Å². The summed E-state index contributed by atoms with van der Waals surface area (Å²) in [6, 6.07) is 15.7. The maximum absolute atomic E-state index is 6.16. The van der Waals surface area contributed by atoms with Gasteiger partial charge in [0.25, 0.3) is 0 Å². The molecule has 0 radical (unpaired) electrons. The number of benzene rings is 3. The van der Waals surface area contributed by atoms with Crippen LogP contribution in [-0.4, -0.2) is 53.7 Å². The average molecular weight is 644 g/mol. The molecule has 0 spiro atoms. The van der Waals surface area contributed by atoms with E-state index in [9.17, 15) is 0 Å². The zero-order chi connectivity index (χ0) is 32.3. The van der Waals surface area contributed by atoms with Crippen LogP contribution < -0.4 is 33.2 Å². The largest absolute Gasteiger partial charge is 0.493 e. The van der Waals surface area contributed by atoms with E-state index in [1.54, 1.807) is 46.9 Å². The fourth-order valence-electron chi connectivity index (χ4n) is 5.17. The normalized spacial score (nSPS) is 12.1. The number of hydrogen-bond donors (Lipinski definition) is 0. The van der Waals surface area contributed by atoms with Gasteiger partial charge in [-0.1, -0.05) is 24.3 Å². The minimum absolute atomic E-state index is 0.560. The Morgan fingerprint density at radius 2 is 1.26 bits per heavy atom. The molecule has 1 aliphatic carbocycles. The zero-order valence-corrected chi connectivity index (χ0v) is 27.9. The predicted molar refractivity (Wildman–Crippen MR) is 184 cm³/mol. The van der Waals surface area contributed by atoms with Crippen LogP contribution in [0, 0.1) is 0 Å². The quantitative estimate of drug-likeness (QED) is 0.0888. The minimum Gasteiger partial charge on any atom is -0.493 e. The van der Waals surface area contributed by atoms with E-state index in [0.717, 1.165) is 65.3 Å². The van der Waals surface area contributed by atoms with E-state index < -0.39 is 0 Å². The number of aromatic nitrogens is 1. The lowest BCUT2D eigenvalue weighted by molar-refractivity contribution is 0.264. The van der Waals surface area contributed by atoms with Gasteiger partial charge in [-0.2, -0.15) is 0 Å². The van der Waals surface area contributed by atoms with Crippen LogP contribution in [0.5, 0.6) is 40.2 Å². The molecule has 5 rings (SSSR count). The summed E-state index contributed by atoms with van der Waals surface area (Å²) in [5.41, 5.74) is 4.12. The molecule has 0 amide bonds. The summed E-state index contributed by atoms with van der Waals surface area (Å²) in [6.07, 6.45) is 13.2. The van der Waals surface area contributed by atoms with Gasteiger partial charge in [0, 0.05) is 5.56 Å². The number of hydrogen-bond acceptors (Lipinski definition) is 9. The topological polar surface area (TPSA) is 77.5 Å². The first-order valence-corrected chi connectivity index (χ1v) is 16.1. The van der Waals surface area contributed by atoms with Crippen LogP contribution in [0.3, 0.4) is 0 Å². The van der Waals surface area contributed by atoms with Crippen LogP contribution in [-0.2, 0) is 6.42 Å². The van der Waals surface area contributed by atoms with Crippen LogP contribution in [0.1, 0.15) is 47.4 Å². The Morgan fingerprint density at radius 3 is 1.89 bits per heavy atom.